The third kappa shape index (κ3) is 5.52. The average molecular weight is 427 g/mol. The Hall–Kier alpha value is -2.68. The van der Waals surface area contributed by atoms with Crippen molar-refractivity contribution in [2.45, 2.75) is 38.7 Å². The van der Waals surface area contributed by atoms with Crippen molar-refractivity contribution in [3.63, 3.8) is 0 Å². The third-order valence-corrected chi connectivity index (χ3v) is 10.8. The lowest BCUT2D eigenvalue weighted by atomic mass is 10.0. The Morgan fingerprint density at radius 2 is 1.26 bits per heavy atom. The summed E-state index contributed by atoms with van der Waals surface area (Å²) in [7, 11) is -2.44. The van der Waals surface area contributed by atoms with E-state index in [1.165, 1.54) is 15.9 Å². The minimum absolute atomic E-state index is 0.0149. The zero-order valence-electron chi connectivity index (χ0n) is 19.1. The molecule has 0 heterocycles. The van der Waals surface area contributed by atoms with Crippen molar-refractivity contribution < 1.29 is 4.43 Å². The first-order valence-corrected chi connectivity index (χ1v) is 13.0. The molecule has 3 aromatic carbocycles. The first-order valence-electron chi connectivity index (χ1n) is 11.1. The van der Waals surface area contributed by atoms with Crippen LogP contribution in [0.15, 0.2) is 110 Å². The Kier molecular flexibility index (Phi) is 7.84. The molecule has 0 N–H and O–H groups in total. The quantitative estimate of drug-likeness (QED) is 0.212. The van der Waals surface area contributed by atoms with E-state index in [4.69, 9.17) is 4.43 Å². The Labute approximate surface area is 189 Å². The molecule has 0 aliphatic carbocycles. The molecule has 160 valence electrons. The molecule has 0 amide bonds. The van der Waals surface area contributed by atoms with E-state index < -0.39 is 8.32 Å². The highest BCUT2D eigenvalue weighted by Crippen LogP contribution is 2.36. The summed E-state index contributed by atoms with van der Waals surface area (Å²) in [4.78, 5) is 0. The van der Waals surface area contributed by atoms with Crippen LogP contribution in [-0.4, -0.2) is 14.9 Å². The van der Waals surface area contributed by atoms with Gasteiger partial charge < -0.3 is 4.43 Å². The van der Waals surface area contributed by atoms with Crippen LogP contribution in [-0.2, 0) is 4.43 Å². The molecule has 2 heteroatoms. The lowest BCUT2D eigenvalue weighted by molar-refractivity contribution is 0.304. The monoisotopic (exact) mass is 426 g/mol. The van der Waals surface area contributed by atoms with Gasteiger partial charge in [-0.2, -0.15) is 0 Å². The van der Waals surface area contributed by atoms with Crippen molar-refractivity contribution in [3.8, 4) is 0 Å². The lowest BCUT2D eigenvalue weighted by Gasteiger charge is -2.43. The molecule has 0 bridgehead atoms. The van der Waals surface area contributed by atoms with Crippen LogP contribution in [0.4, 0.5) is 0 Å². The summed E-state index contributed by atoms with van der Waals surface area (Å²) < 4.78 is 6.92. The molecule has 0 atom stereocenters. The number of rotatable bonds is 9. The van der Waals surface area contributed by atoms with Crippen LogP contribution < -0.4 is 10.4 Å². The lowest BCUT2D eigenvalue weighted by Crippen LogP contribution is -2.66. The molecule has 0 aromatic heterocycles. The van der Waals surface area contributed by atoms with Crippen LogP contribution in [0, 0.1) is 0 Å². The van der Waals surface area contributed by atoms with Gasteiger partial charge >= 0.3 is 0 Å². The van der Waals surface area contributed by atoms with Crippen molar-refractivity contribution in [1.29, 1.82) is 0 Å². The first kappa shape index (κ1) is 23.0. The number of hydrogen-bond donors (Lipinski definition) is 0. The van der Waals surface area contributed by atoms with E-state index in [1.807, 2.05) is 6.07 Å². The smallest absolute Gasteiger partial charge is 0.261 e. The van der Waals surface area contributed by atoms with E-state index in [1.54, 1.807) is 0 Å². The Morgan fingerprint density at radius 3 is 1.74 bits per heavy atom. The van der Waals surface area contributed by atoms with Gasteiger partial charge in [0, 0.05) is 6.61 Å². The SMILES string of the molecule is C=C(C/C=C/CCO[Si](c1ccccc1)(c1ccccc1)C(C)(C)C)c1ccccc1. The molecule has 0 saturated carbocycles. The molecule has 3 rings (SSSR count). The Morgan fingerprint density at radius 1 is 0.774 bits per heavy atom. The number of hydrogen-bond acceptors (Lipinski definition) is 1. The van der Waals surface area contributed by atoms with Gasteiger partial charge in [-0.15, -0.1) is 0 Å². The van der Waals surface area contributed by atoms with Crippen LogP contribution in [0.3, 0.4) is 0 Å². The van der Waals surface area contributed by atoms with Crippen molar-refractivity contribution >= 4 is 24.3 Å². The summed E-state index contributed by atoms with van der Waals surface area (Å²) in [5.74, 6) is 0. The molecule has 0 fully saturated rings. The van der Waals surface area contributed by atoms with E-state index in [-0.39, 0.29) is 5.04 Å². The van der Waals surface area contributed by atoms with Crippen LogP contribution in [0.2, 0.25) is 5.04 Å². The van der Waals surface area contributed by atoms with Gasteiger partial charge in [0.15, 0.2) is 0 Å². The zero-order valence-corrected chi connectivity index (χ0v) is 20.1. The summed E-state index contributed by atoms with van der Waals surface area (Å²) in [6.07, 6.45) is 6.20. The predicted molar refractivity (Wildman–Crippen MR) is 137 cm³/mol. The van der Waals surface area contributed by atoms with Crippen LogP contribution in [0.25, 0.3) is 5.57 Å². The van der Waals surface area contributed by atoms with Crippen LogP contribution >= 0.6 is 0 Å². The minimum atomic E-state index is -2.44. The van der Waals surface area contributed by atoms with Gasteiger partial charge in [0.2, 0.25) is 0 Å². The van der Waals surface area contributed by atoms with Crippen LogP contribution in [0.5, 0.6) is 0 Å². The normalized spacial score (nSPS) is 12.2. The first-order chi connectivity index (χ1) is 14.9. The largest absolute Gasteiger partial charge is 0.407 e. The fourth-order valence-corrected chi connectivity index (χ4v) is 8.76. The van der Waals surface area contributed by atoms with Gasteiger partial charge in [-0.1, -0.05) is 130 Å². The van der Waals surface area contributed by atoms with Crippen molar-refractivity contribution in [2.24, 2.45) is 0 Å². The van der Waals surface area contributed by atoms with Crippen molar-refractivity contribution in [3.05, 3.63) is 115 Å². The molecule has 0 unspecified atom stereocenters. The highest BCUT2D eigenvalue weighted by atomic mass is 28.4. The van der Waals surface area contributed by atoms with Crippen molar-refractivity contribution in [2.75, 3.05) is 6.61 Å². The summed E-state index contributed by atoms with van der Waals surface area (Å²) in [5, 5.41) is 2.67. The van der Waals surface area contributed by atoms with Crippen molar-refractivity contribution in [1.82, 2.24) is 0 Å². The highest BCUT2D eigenvalue weighted by Gasteiger charge is 2.49. The van der Waals surface area contributed by atoms with E-state index in [0.29, 0.717) is 6.61 Å². The fourth-order valence-electron chi connectivity index (χ4n) is 4.18. The maximum absolute atomic E-state index is 6.92. The predicted octanol–water partition coefficient (Wildman–Crippen LogP) is 6.61. The fraction of sp³-hybridized carbons (Fsp3) is 0.241. The van der Waals surface area contributed by atoms with E-state index in [2.05, 4.69) is 124 Å². The van der Waals surface area contributed by atoms with Gasteiger partial charge in [0.1, 0.15) is 0 Å². The molecule has 31 heavy (non-hydrogen) atoms. The summed E-state index contributed by atoms with van der Waals surface area (Å²) in [5.41, 5.74) is 2.35. The molecule has 0 spiro atoms. The molecule has 1 nitrogen and oxygen atoms in total. The van der Waals surface area contributed by atoms with Crippen LogP contribution in [0.1, 0.15) is 39.2 Å². The second kappa shape index (κ2) is 10.6. The average Bonchev–Trinajstić information content (AvgIpc) is 2.79. The van der Waals surface area contributed by atoms with Gasteiger partial charge in [-0.25, -0.2) is 0 Å². The second-order valence-corrected chi connectivity index (χ2v) is 13.3. The number of benzene rings is 3. The topological polar surface area (TPSA) is 9.23 Å². The van der Waals surface area contributed by atoms with Gasteiger partial charge in [-0.05, 0) is 39.4 Å². The minimum Gasteiger partial charge on any atom is -0.407 e. The molecular weight excluding hydrogens is 392 g/mol. The Bertz CT molecular complexity index is 930. The van der Waals surface area contributed by atoms with Gasteiger partial charge in [-0.3, -0.25) is 0 Å². The highest BCUT2D eigenvalue weighted by molar-refractivity contribution is 6.99. The molecule has 0 radical (unpaired) electrons. The van der Waals surface area contributed by atoms with E-state index in [9.17, 15) is 0 Å². The van der Waals surface area contributed by atoms with E-state index in [0.717, 1.165) is 18.4 Å². The zero-order chi connectivity index (χ0) is 22.2. The standard InChI is InChI=1S/C29H34OSi/c1-25(26-18-10-5-11-19-26)17-9-8-16-24-30-31(29(2,3)4,27-20-12-6-13-21-27)28-22-14-7-15-23-28/h5-15,18-23H,1,16-17,24H2,2-4H3/b9-8+. The molecule has 0 saturated heterocycles. The van der Waals surface area contributed by atoms with Gasteiger partial charge in [0.05, 0.1) is 0 Å². The number of allylic oxidation sites excluding steroid dienone is 2. The Balaban J connectivity index is 1.73. The molecular formula is C29H34OSi. The second-order valence-electron chi connectivity index (χ2n) is 8.95. The molecule has 0 aliphatic rings. The summed E-state index contributed by atoms with van der Waals surface area (Å²) in [6.45, 7) is 11.9. The summed E-state index contributed by atoms with van der Waals surface area (Å²) >= 11 is 0. The third-order valence-electron chi connectivity index (χ3n) is 5.73. The maximum Gasteiger partial charge on any atom is 0.261 e. The van der Waals surface area contributed by atoms with E-state index >= 15 is 0 Å². The summed E-state index contributed by atoms with van der Waals surface area (Å²) in [6, 6.07) is 32.0. The molecule has 0 aliphatic heterocycles. The maximum atomic E-state index is 6.92. The molecule has 3 aromatic rings. The van der Waals surface area contributed by atoms with Gasteiger partial charge in [0.25, 0.3) is 8.32 Å².